The lowest BCUT2D eigenvalue weighted by Gasteiger charge is -2.21. The highest BCUT2D eigenvalue weighted by Crippen LogP contribution is 2.37. The molecule has 4 heterocycles. The van der Waals surface area contributed by atoms with E-state index < -0.39 is 17.9 Å². The van der Waals surface area contributed by atoms with Crippen LogP contribution >= 0.6 is 0 Å². The van der Waals surface area contributed by atoms with E-state index in [1.807, 2.05) is 11.6 Å². The molecule has 7 nitrogen and oxygen atoms in total. The molecule has 3 aromatic heterocycles. The van der Waals surface area contributed by atoms with Crippen LogP contribution in [-0.4, -0.2) is 24.5 Å². The van der Waals surface area contributed by atoms with Gasteiger partial charge in [0.25, 0.3) is 0 Å². The van der Waals surface area contributed by atoms with Gasteiger partial charge in [0.15, 0.2) is 11.6 Å². The van der Waals surface area contributed by atoms with E-state index in [0.717, 1.165) is 16.8 Å². The number of nitrogens with zero attached hydrogens (tertiary/aromatic N) is 5. The van der Waals surface area contributed by atoms with Crippen molar-refractivity contribution in [3.8, 4) is 28.3 Å². The molecular weight excluding hydrogens is 402 g/mol. The number of aryl methyl sites for hydroxylation is 1. The van der Waals surface area contributed by atoms with E-state index in [1.54, 1.807) is 36.1 Å². The minimum Gasteiger partial charge on any atom is -0.482 e. The van der Waals surface area contributed by atoms with Crippen molar-refractivity contribution in [2.45, 2.75) is 33.0 Å². The van der Waals surface area contributed by atoms with Crippen LogP contribution < -0.4 is 10.5 Å². The number of benzene rings is 1. The van der Waals surface area contributed by atoms with E-state index in [2.05, 4.69) is 15.2 Å². The molecule has 9 heteroatoms. The normalized spacial score (nSPS) is 15.2. The van der Waals surface area contributed by atoms with E-state index in [9.17, 15) is 8.78 Å². The minimum absolute atomic E-state index is 0.228. The summed E-state index contributed by atoms with van der Waals surface area (Å²) >= 11 is 0. The molecule has 0 spiro atoms. The number of pyridine rings is 1. The molecule has 0 saturated heterocycles. The highest BCUT2D eigenvalue weighted by atomic mass is 19.1. The van der Waals surface area contributed by atoms with Crippen LogP contribution in [0.2, 0.25) is 0 Å². The van der Waals surface area contributed by atoms with Crippen LogP contribution in [0.25, 0.3) is 22.5 Å². The van der Waals surface area contributed by atoms with Gasteiger partial charge in [-0.25, -0.2) is 9.37 Å². The topological polar surface area (TPSA) is 83.8 Å². The molecule has 0 saturated carbocycles. The molecule has 158 valence electrons. The summed E-state index contributed by atoms with van der Waals surface area (Å²) < 4.78 is 37.9. The second kappa shape index (κ2) is 7.19. The smallest absolute Gasteiger partial charge is 0.233 e. The average molecular weight is 422 g/mol. The van der Waals surface area contributed by atoms with Gasteiger partial charge < -0.3 is 10.5 Å². The van der Waals surface area contributed by atoms with Gasteiger partial charge in [-0.05, 0) is 38.1 Å². The minimum atomic E-state index is -0.621. The number of halogens is 2. The van der Waals surface area contributed by atoms with E-state index in [4.69, 9.17) is 10.5 Å². The fraction of sp³-hybridized carbons (Fsp3) is 0.227. The van der Waals surface area contributed by atoms with Crippen molar-refractivity contribution in [3.05, 3.63) is 65.6 Å². The van der Waals surface area contributed by atoms with Gasteiger partial charge >= 0.3 is 0 Å². The highest BCUT2D eigenvalue weighted by molar-refractivity contribution is 5.69. The van der Waals surface area contributed by atoms with Crippen molar-refractivity contribution >= 4 is 5.82 Å². The maximum absolute atomic E-state index is 14.3. The summed E-state index contributed by atoms with van der Waals surface area (Å²) in [5, 5.41) is 8.51. The Morgan fingerprint density at radius 2 is 2.03 bits per heavy atom. The summed E-state index contributed by atoms with van der Waals surface area (Å²) in [5.74, 6) is -0.426. The Morgan fingerprint density at radius 1 is 1.19 bits per heavy atom. The first kappa shape index (κ1) is 19.2. The Kier molecular flexibility index (Phi) is 4.46. The molecule has 2 bridgehead atoms. The maximum Gasteiger partial charge on any atom is 0.233 e. The van der Waals surface area contributed by atoms with Crippen LogP contribution in [0, 0.1) is 11.8 Å². The van der Waals surface area contributed by atoms with E-state index in [1.165, 1.54) is 18.2 Å². The molecule has 2 N–H and O–H groups in total. The SMILES string of the molecule is CCn1ncc2c1-c1cnc(N)c(c1)OC(C)c1cc(F)ccc1-c1cc(F)nn1C2. The van der Waals surface area contributed by atoms with Crippen LogP contribution in [0.5, 0.6) is 5.75 Å². The standard InChI is InChI=1S/C22H20F2N6O/c1-3-29-21-13-6-19(22(25)26-9-13)31-12(2)17-7-15(23)4-5-16(17)18-8-20(24)28-30(18)11-14(21)10-27-29/h4-10,12H,3,11H2,1-2H3,(H2,25,26). The van der Waals surface area contributed by atoms with Gasteiger partial charge in [-0.15, -0.1) is 5.10 Å². The maximum atomic E-state index is 14.3. The number of hydrogen-bond acceptors (Lipinski definition) is 5. The Balaban J connectivity index is 1.81. The third-order valence-electron chi connectivity index (χ3n) is 5.47. The van der Waals surface area contributed by atoms with Crippen LogP contribution in [0.3, 0.4) is 0 Å². The fourth-order valence-electron chi connectivity index (χ4n) is 4.03. The molecule has 0 aliphatic carbocycles. The zero-order chi connectivity index (χ0) is 21.7. The van der Waals surface area contributed by atoms with Gasteiger partial charge in [0.05, 0.1) is 24.1 Å². The molecule has 1 aliphatic heterocycles. The summed E-state index contributed by atoms with van der Waals surface area (Å²) in [4.78, 5) is 4.29. The Hall–Kier alpha value is -3.75. The van der Waals surface area contributed by atoms with Gasteiger partial charge in [0.1, 0.15) is 11.9 Å². The molecule has 0 radical (unpaired) electrons. The average Bonchev–Trinajstić information content (AvgIpc) is 3.32. The van der Waals surface area contributed by atoms with Crippen molar-refractivity contribution in [3.63, 3.8) is 0 Å². The van der Waals surface area contributed by atoms with Crippen molar-refractivity contribution in [1.82, 2.24) is 24.5 Å². The first-order valence-electron chi connectivity index (χ1n) is 9.95. The van der Waals surface area contributed by atoms with Gasteiger partial charge in [-0.3, -0.25) is 9.36 Å². The molecule has 1 aliphatic rings. The molecule has 0 amide bonds. The van der Waals surface area contributed by atoms with Crippen LogP contribution in [0.15, 0.2) is 42.7 Å². The highest BCUT2D eigenvalue weighted by Gasteiger charge is 2.23. The van der Waals surface area contributed by atoms with Crippen molar-refractivity contribution in [2.75, 3.05) is 5.73 Å². The predicted molar refractivity (Wildman–Crippen MR) is 111 cm³/mol. The Labute approximate surface area is 177 Å². The second-order valence-corrected chi connectivity index (χ2v) is 7.44. The lowest BCUT2D eigenvalue weighted by molar-refractivity contribution is 0.227. The lowest BCUT2D eigenvalue weighted by Crippen LogP contribution is -2.12. The van der Waals surface area contributed by atoms with Gasteiger partial charge in [-0.2, -0.15) is 9.49 Å². The number of hydrogen-bond donors (Lipinski definition) is 1. The molecule has 1 atom stereocenters. The summed E-state index contributed by atoms with van der Waals surface area (Å²) in [7, 11) is 0. The first-order valence-corrected chi connectivity index (χ1v) is 9.95. The molecule has 4 aromatic rings. The summed E-state index contributed by atoms with van der Waals surface area (Å²) in [6.45, 7) is 4.68. The van der Waals surface area contributed by atoms with Gasteiger partial charge in [-0.1, -0.05) is 0 Å². The summed E-state index contributed by atoms with van der Waals surface area (Å²) in [5.41, 5.74) is 10.2. The largest absolute Gasteiger partial charge is 0.482 e. The third kappa shape index (κ3) is 3.22. The summed E-state index contributed by atoms with van der Waals surface area (Å²) in [6.07, 6.45) is 2.81. The van der Waals surface area contributed by atoms with E-state index in [0.29, 0.717) is 29.1 Å². The monoisotopic (exact) mass is 422 g/mol. The number of anilines is 1. The summed E-state index contributed by atoms with van der Waals surface area (Å²) in [6, 6.07) is 7.47. The zero-order valence-corrected chi connectivity index (χ0v) is 17.0. The number of ether oxygens (including phenoxy) is 1. The van der Waals surface area contributed by atoms with Crippen LogP contribution in [0.1, 0.15) is 31.1 Å². The van der Waals surface area contributed by atoms with Crippen molar-refractivity contribution < 1.29 is 13.5 Å². The quantitative estimate of drug-likeness (QED) is 0.497. The predicted octanol–water partition coefficient (Wildman–Crippen LogP) is 4.19. The Morgan fingerprint density at radius 3 is 2.84 bits per heavy atom. The van der Waals surface area contributed by atoms with Crippen molar-refractivity contribution in [2.24, 2.45) is 0 Å². The Bertz CT molecular complexity index is 1300. The number of fused-ring (bicyclic) bond motifs is 7. The van der Waals surface area contributed by atoms with E-state index in [-0.39, 0.29) is 12.4 Å². The van der Waals surface area contributed by atoms with Gasteiger partial charge in [0.2, 0.25) is 5.95 Å². The van der Waals surface area contributed by atoms with Crippen molar-refractivity contribution in [1.29, 1.82) is 0 Å². The van der Waals surface area contributed by atoms with Gasteiger partial charge in [0, 0.05) is 41.1 Å². The first-order chi connectivity index (χ1) is 14.9. The zero-order valence-electron chi connectivity index (χ0n) is 17.0. The molecule has 5 rings (SSSR count). The number of aromatic nitrogens is 5. The fourth-order valence-corrected chi connectivity index (χ4v) is 4.03. The molecular formula is C22H20F2N6O. The number of nitrogens with two attached hydrogens (primary N) is 1. The van der Waals surface area contributed by atoms with Crippen LogP contribution in [-0.2, 0) is 13.1 Å². The number of nitrogen functional groups attached to an aromatic ring is 1. The van der Waals surface area contributed by atoms with Crippen LogP contribution in [0.4, 0.5) is 14.6 Å². The number of rotatable bonds is 1. The second-order valence-electron chi connectivity index (χ2n) is 7.44. The third-order valence-corrected chi connectivity index (χ3v) is 5.47. The molecule has 31 heavy (non-hydrogen) atoms. The van der Waals surface area contributed by atoms with E-state index >= 15 is 0 Å². The molecule has 1 aromatic carbocycles. The molecule has 0 fully saturated rings. The molecule has 1 unspecified atom stereocenters. The lowest BCUT2D eigenvalue weighted by atomic mass is 9.99.